The van der Waals surface area contributed by atoms with Crippen LogP contribution < -0.4 is 18.9 Å². The molecule has 0 saturated carbocycles. The van der Waals surface area contributed by atoms with Crippen LogP contribution in [-0.2, 0) is 10.0 Å². The van der Waals surface area contributed by atoms with Crippen LogP contribution in [0.25, 0.3) is 0 Å². The number of benzene rings is 2. The van der Waals surface area contributed by atoms with E-state index in [1.54, 1.807) is 48.5 Å². The minimum Gasteiger partial charge on any atom is -0.493 e. The lowest BCUT2D eigenvalue weighted by Gasteiger charge is -2.18. The molecule has 152 valence electrons. The molecule has 0 bridgehead atoms. The number of rotatable bonds is 9. The minimum absolute atomic E-state index is 0.0126. The van der Waals surface area contributed by atoms with Crippen LogP contribution in [0.15, 0.2) is 71.9 Å². The van der Waals surface area contributed by atoms with Gasteiger partial charge in [-0.3, -0.25) is 4.72 Å². The summed E-state index contributed by atoms with van der Waals surface area (Å²) in [6.45, 7) is -0.198. The number of methoxy groups -OCH3 is 1. The zero-order valence-corrected chi connectivity index (χ0v) is 16.4. The second kappa shape index (κ2) is 9.26. The lowest BCUT2D eigenvalue weighted by molar-refractivity contribution is 0.197. The Balaban J connectivity index is 2.02. The molecule has 1 aromatic heterocycles. The Hall–Kier alpha value is -3.30. The number of anilines is 1. The molecular weight excluding hydrogens is 396 g/mol. The summed E-state index contributed by atoms with van der Waals surface area (Å²) in [6.07, 6.45) is 1.39. The average Bonchev–Trinajstić information content (AvgIpc) is 2.74. The third-order valence-corrected chi connectivity index (χ3v) is 5.05. The van der Waals surface area contributed by atoms with Crippen molar-refractivity contribution in [2.45, 2.75) is 5.03 Å². The van der Waals surface area contributed by atoms with E-state index in [4.69, 9.17) is 19.3 Å². The first-order valence-corrected chi connectivity index (χ1v) is 10.1. The predicted octanol–water partition coefficient (Wildman–Crippen LogP) is 3.05. The van der Waals surface area contributed by atoms with Gasteiger partial charge in [0, 0.05) is 6.20 Å². The average molecular weight is 416 g/mol. The van der Waals surface area contributed by atoms with E-state index < -0.39 is 10.0 Å². The number of aliphatic hydroxyl groups excluding tert-OH is 1. The predicted molar refractivity (Wildman–Crippen MR) is 107 cm³/mol. The molecule has 2 aromatic carbocycles. The Morgan fingerprint density at radius 1 is 0.966 bits per heavy atom. The summed E-state index contributed by atoms with van der Waals surface area (Å²) >= 11 is 0. The van der Waals surface area contributed by atoms with Crippen molar-refractivity contribution in [2.24, 2.45) is 0 Å². The van der Waals surface area contributed by atoms with Gasteiger partial charge in [0.25, 0.3) is 10.0 Å². The molecule has 3 aromatic rings. The van der Waals surface area contributed by atoms with E-state index in [0.717, 1.165) is 0 Å². The monoisotopic (exact) mass is 416 g/mol. The van der Waals surface area contributed by atoms with Crippen molar-refractivity contribution < 1.29 is 27.7 Å². The molecule has 8 nitrogen and oxygen atoms in total. The van der Waals surface area contributed by atoms with Crippen molar-refractivity contribution >= 4 is 15.7 Å². The number of ether oxygens (including phenoxy) is 3. The second-order valence-electron chi connectivity index (χ2n) is 5.73. The molecule has 0 fully saturated rings. The molecular formula is C20H20N2O6S. The van der Waals surface area contributed by atoms with Crippen molar-refractivity contribution in [1.82, 2.24) is 4.98 Å². The van der Waals surface area contributed by atoms with Gasteiger partial charge in [-0.15, -0.1) is 0 Å². The highest BCUT2D eigenvalue weighted by Gasteiger charge is 2.21. The Morgan fingerprint density at radius 3 is 2.38 bits per heavy atom. The summed E-state index contributed by atoms with van der Waals surface area (Å²) in [5.41, 5.74) is 0.150. The quantitative estimate of drug-likeness (QED) is 0.552. The van der Waals surface area contributed by atoms with E-state index >= 15 is 0 Å². The van der Waals surface area contributed by atoms with E-state index in [1.165, 1.54) is 25.4 Å². The highest BCUT2D eigenvalue weighted by Crippen LogP contribution is 2.42. The molecule has 0 amide bonds. The van der Waals surface area contributed by atoms with Gasteiger partial charge in [-0.2, -0.15) is 8.42 Å². The lowest BCUT2D eigenvalue weighted by atomic mass is 10.2. The second-order valence-corrected chi connectivity index (χ2v) is 7.36. The number of pyridine rings is 1. The Kier molecular flexibility index (Phi) is 6.53. The molecule has 3 rings (SSSR count). The van der Waals surface area contributed by atoms with Gasteiger partial charge >= 0.3 is 0 Å². The van der Waals surface area contributed by atoms with Gasteiger partial charge in [-0.25, -0.2) is 4.98 Å². The van der Waals surface area contributed by atoms with E-state index in [1.807, 2.05) is 0 Å². The molecule has 0 saturated heterocycles. The zero-order valence-electron chi connectivity index (χ0n) is 15.6. The maximum Gasteiger partial charge on any atom is 0.279 e. The van der Waals surface area contributed by atoms with Crippen LogP contribution in [0.5, 0.6) is 23.0 Å². The maximum absolute atomic E-state index is 12.7. The van der Waals surface area contributed by atoms with E-state index in [0.29, 0.717) is 11.5 Å². The Labute approximate surface area is 168 Å². The fourth-order valence-electron chi connectivity index (χ4n) is 2.49. The molecule has 0 aliphatic rings. The van der Waals surface area contributed by atoms with Crippen molar-refractivity contribution in [3.8, 4) is 23.0 Å². The standard InChI is InChI=1S/C20H20N2O6S/c1-26-16-8-2-3-9-17(16)28-20-15(7-6-10-18(20)27-14-13-23)22-29(24,25)19-11-4-5-12-21-19/h2-12,22-23H,13-14H2,1H3. The molecule has 0 unspecified atom stereocenters. The minimum atomic E-state index is -3.96. The van der Waals surface area contributed by atoms with Gasteiger partial charge in [0.2, 0.25) is 0 Å². The Bertz CT molecular complexity index is 1060. The summed E-state index contributed by atoms with van der Waals surface area (Å²) in [6, 6.07) is 16.3. The highest BCUT2D eigenvalue weighted by atomic mass is 32.2. The number of aromatic nitrogens is 1. The molecule has 2 N–H and O–H groups in total. The van der Waals surface area contributed by atoms with Gasteiger partial charge < -0.3 is 19.3 Å². The molecule has 0 radical (unpaired) electrons. The molecule has 9 heteroatoms. The van der Waals surface area contributed by atoms with Crippen LogP contribution in [0.2, 0.25) is 0 Å². The molecule has 29 heavy (non-hydrogen) atoms. The first-order chi connectivity index (χ1) is 14.0. The van der Waals surface area contributed by atoms with Crippen LogP contribution in [0.1, 0.15) is 0 Å². The lowest BCUT2D eigenvalue weighted by Crippen LogP contribution is -2.15. The van der Waals surface area contributed by atoms with Crippen molar-refractivity contribution in [3.05, 3.63) is 66.9 Å². The van der Waals surface area contributed by atoms with Crippen LogP contribution in [0, 0.1) is 0 Å². The normalized spacial score (nSPS) is 11.0. The third-order valence-electron chi connectivity index (χ3n) is 3.77. The summed E-state index contributed by atoms with van der Waals surface area (Å²) in [4.78, 5) is 3.88. The summed E-state index contributed by atoms with van der Waals surface area (Å²) in [7, 11) is -2.46. The first-order valence-electron chi connectivity index (χ1n) is 8.66. The van der Waals surface area contributed by atoms with Gasteiger partial charge in [0.15, 0.2) is 28.0 Å². The van der Waals surface area contributed by atoms with Gasteiger partial charge in [-0.1, -0.05) is 24.3 Å². The van der Waals surface area contributed by atoms with Crippen molar-refractivity contribution in [1.29, 1.82) is 0 Å². The van der Waals surface area contributed by atoms with Crippen molar-refractivity contribution in [2.75, 3.05) is 25.0 Å². The van der Waals surface area contributed by atoms with Gasteiger partial charge in [0.05, 0.1) is 19.4 Å². The fourth-order valence-corrected chi connectivity index (χ4v) is 3.50. The fraction of sp³-hybridized carbons (Fsp3) is 0.150. The smallest absolute Gasteiger partial charge is 0.279 e. The van der Waals surface area contributed by atoms with Crippen LogP contribution in [0.3, 0.4) is 0 Å². The first kappa shape index (κ1) is 20.4. The van der Waals surface area contributed by atoms with Crippen LogP contribution >= 0.6 is 0 Å². The molecule has 0 aliphatic carbocycles. The molecule has 0 spiro atoms. The van der Waals surface area contributed by atoms with E-state index in [9.17, 15) is 8.42 Å². The molecule has 0 atom stereocenters. The number of aliphatic hydroxyl groups is 1. The number of hydrogen-bond donors (Lipinski definition) is 2. The van der Waals surface area contributed by atoms with E-state index in [-0.39, 0.29) is 35.4 Å². The number of nitrogens with zero attached hydrogens (tertiary/aromatic N) is 1. The summed E-state index contributed by atoms with van der Waals surface area (Å²) < 4.78 is 44.7. The number of hydrogen-bond acceptors (Lipinski definition) is 7. The highest BCUT2D eigenvalue weighted by molar-refractivity contribution is 7.92. The van der Waals surface area contributed by atoms with Crippen molar-refractivity contribution in [3.63, 3.8) is 0 Å². The number of para-hydroxylation sites is 3. The SMILES string of the molecule is COc1ccccc1Oc1c(NS(=O)(=O)c2ccccn2)cccc1OCCO. The van der Waals surface area contributed by atoms with Crippen LogP contribution in [-0.4, -0.2) is 38.8 Å². The maximum atomic E-state index is 12.7. The number of sulfonamides is 1. The zero-order chi connectivity index (χ0) is 20.7. The Morgan fingerprint density at radius 2 is 1.69 bits per heavy atom. The number of nitrogens with one attached hydrogen (secondary N) is 1. The van der Waals surface area contributed by atoms with Gasteiger partial charge in [0.1, 0.15) is 6.61 Å². The topological polar surface area (TPSA) is 107 Å². The van der Waals surface area contributed by atoms with E-state index in [2.05, 4.69) is 9.71 Å². The summed E-state index contributed by atoms with van der Waals surface area (Å²) in [5.74, 6) is 1.22. The largest absolute Gasteiger partial charge is 0.493 e. The van der Waals surface area contributed by atoms with Gasteiger partial charge in [-0.05, 0) is 36.4 Å². The molecule has 1 heterocycles. The third kappa shape index (κ3) is 4.95. The summed E-state index contributed by atoms with van der Waals surface area (Å²) in [5, 5.41) is 8.95. The molecule has 0 aliphatic heterocycles. The van der Waals surface area contributed by atoms with Crippen LogP contribution in [0.4, 0.5) is 5.69 Å².